The molecule has 0 fully saturated rings. The lowest BCUT2D eigenvalue weighted by molar-refractivity contribution is -0.389. The van der Waals surface area contributed by atoms with E-state index in [-0.39, 0.29) is 11.6 Å². The molecule has 0 radical (unpaired) electrons. The molecular formula is C6H8N4O3. The maximum Gasteiger partial charge on any atom is 0.410 e. The zero-order valence-electron chi connectivity index (χ0n) is 7.01. The molecule has 1 aromatic heterocycles. The van der Waals surface area contributed by atoms with Crippen molar-refractivity contribution in [3.05, 3.63) is 16.3 Å². The summed E-state index contributed by atoms with van der Waals surface area (Å²) < 4.78 is 1.28. The van der Waals surface area contributed by atoms with E-state index in [2.05, 4.69) is 10.3 Å². The lowest BCUT2D eigenvalue weighted by Gasteiger charge is -1.92. The molecule has 70 valence electrons. The van der Waals surface area contributed by atoms with Crippen molar-refractivity contribution in [2.75, 3.05) is 0 Å². The predicted molar refractivity (Wildman–Crippen MR) is 42.0 cm³/mol. The van der Waals surface area contributed by atoms with Gasteiger partial charge in [0.15, 0.2) is 0 Å². The third-order valence-electron chi connectivity index (χ3n) is 1.41. The van der Waals surface area contributed by atoms with E-state index in [0.717, 1.165) is 0 Å². The van der Waals surface area contributed by atoms with Crippen LogP contribution in [0, 0.1) is 10.1 Å². The average Bonchev–Trinajstić information content (AvgIpc) is 2.48. The molecule has 0 aliphatic heterocycles. The number of carbonyl (C=O) groups excluding carboxylic acids is 1. The number of hydrogen-bond acceptors (Lipinski definition) is 5. The number of nitrogens with zero attached hydrogens (tertiary/aromatic N) is 4. The van der Waals surface area contributed by atoms with E-state index in [1.165, 1.54) is 17.8 Å². The summed E-state index contributed by atoms with van der Waals surface area (Å²) in [5.74, 6) is -0.290. The Kier molecular flexibility index (Phi) is 2.68. The minimum atomic E-state index is -0.628. The van der Waals surface area contributed by atoms with Crippen LogP contribution < -0.4 is 0 Å². The lowest BCUT2D eigenvalue weighted by Crippen LogP contribution is -2.02. The van der Waals surface area contributed by atoms with Gasteiger partial charge < -0.3 is 10.1 Å². The summed E-state index contributed by atoms with van der Waals surface area (Å²) in [5.41, 5.74) is 0. The van der Waals surface area contributed by atoms with Crippen molar-refractivity contribution in [1.29, 1.82) is 0 Å². The van der Waals surface area contributed by atoms with Gasteiger partial charge in [0.2, 0.25) is 0 Å². The van der Waals surface area contributed by atoms with Crippen LogP contribution in [0.15, 0.2) is 6.20 Å². The summed E-state index contributed by atoms with van der Waals surface area (Å²) in [6.07, 6.45) is 1.50. The maximum atomic E-state index is 10.6. The van der Waals surface area contributed by atoms with Crippen LogP contribution in [0.1, 0.15) is 13.3 Å². The fourth-order valence-electron chi connectivity index (χ4n) is 0.753. The van der Waals surface area contributed by atoms with Gasteiger partial charge in [-0.25, -0.2) is 4.68 Å². The van der Waals surface area contributed by atoms with Crippen molar-refractivity contribution < 1.29 is 9.72 Å². The summed E-state index contributed by atoms with van der Waals surface area (Å²) in [6, 6.07) is 0. The number of ketones is 1. The molecule has 0 unspecified atom stereocenters. The topological polar surface area (TPSA) is 90.9 Å². The third-order valence-corrected chi connectivity index (χ3v) is 1.41. The largest absolute Gasteiger partial charge is 0.410 e. The van der Waals surface area contributed by atoms with Crippen LogP contribution in [-0.2, 0) is 11.3 Å². The molecule has 13 heavy (non-hydrogen) atoms. The van der Waals surface area contributed by atoms with Gasteiger partial charge in [0.05, 0.1) is 11.8 Å². The number of aryl methyl sites for hydroxylation is 1. The zero-order valence-corrected chi connectivity index (χ0v) is 7.01. The first-order valence-electron chi connectivity index (χ1n) is 3.63. The van der Waals surface area contributed by atoms with Crippen LogP contribution in [0.2, 0.25) is 0 Å². The Morgan fingerprint density at radius 1 is 1.77 bits per heavy atom. The summed E-state index contributed by atoms with van der Waals surface area (Å²) in [4.78, 5) is 20.1. The molecule has 1 rings (SSSR count). The van der Waals surface area contributed by atoms with Crippen LogP contribution in [-0.4, -0.2) is 25.7 Å². The molecule has 0 bridgehead atoms. The van der Waals surface area contributed by atoms with Crippen LogP contribution >= 0.6 is 0 Å². The lowest BCUT2D eigenvalue weighted by atomic mass is 10.3. The highest BCUT2D eigenvalue weighted by atomic mass is 16.6. The van der Waals surface area contributed by atoms with Gasteiger partial charge in [-0.1, -0.05) is 0 Å². The van der Waals surface area contributed by atoms with E-state index in [4.69, 9.17) is 0 Å². The van der Waals surface area contributed by atoms with E-state index < -0.39 is 4.92 Å². The van der Waals surface area contributed by atoms with E-state index in [1.54, 1.807) is 0 Å². The fourth-order valence-corrected chi connectivity index (χ4v) is 0.753. The monoisotopic (exact) mass is 184 g/mol. The van der Waals surface area contributed by atoms with Crippen molar-refractivity contribution in [2.24, 2.45) is 0 Å². The van der Waals surface area contributed by atoms with Gasteiger partial charge >= 0.3 is 5.82 Å². The molecule has 0 atom stereocenters. The normalized spacial score (nSPS) is 9.92. The minimum absolute atomic E-state index is 0.0122. The van der Waals surface area contributed by atoms with Crippen molar-refractivity contribution in [1.82, 2.24) is 15.0 Å². The van der Waals surface area contributed by atoms with Gasteiger partial charge in [0.1, 0.15) is 17.1 Å². The molecule has 1 aromatic rings. The number of Topliss-reactive ketones (excluding diaryl/α,β-unsaturated/α-hetero) is 1. The standard InChI is InChI=1S/C6H8N4O3/c1-5(11)2-3-9-4-6(7-8-9)10(12)13/h4H,2-3H2,1H3. The Morgan fingerprint density at radius 3 is 2.92 bits per heavy atom. The Bertz CT molecular complexity index is 332. The van der Waals surface area contributed by atoms with Gasteiger partial charge in [-0.15, -0.1) is 0 Å². The van der Waals surface area contributed by atoms with Gasteiger partial charge in [0, 0.05) is 6.42 Å². The first kappa shape index (κ1) is 9.30. The third kappa shape index (κ3) is 2.62. The molecule has 0 N–H and O–H groups in total. The number of rotatable bonds is 4. The number of carbonyl (C=O) groups is 1. The number of hydrogen-bond donors (Lipinski definition) is 0. The van der Waals surface area contributed by atoms with Gasteiger partial charge in [-0.05, 0) is 11.8 Å². The highest BCUT2D eigenvalue weighted by molar-refractivity contribution is 5.75. The Morgan fingerprint density at radius 2 is 2.46 bits per heavy atom. The molecule has 0 saturated carbocycles. The first-order valence-corrected chi connectivity index (χ1v) is 3.63. The SMILES string of the molecule is CC(=O)CCn1cc([N+](=O)[O-])nn1. The molecule has 1 heterocycles. The predicted octanol–water partition coefficient (Wildman–Crippen LogP) is 0.165. The molecule has 0 spiro atoms. The molecule has 7 heteroatoms. The Balaban J connectivity index is 2.59. The molecule has 0 aliphatic carbocycles. The highest BCUT2D eigenvalue weighted by Gasteiger charge is 2.11. The summed E-state index contributed by atoms with van der Waals surface area (Å²) in [7, 11) is 0. The zero-order chi connectivity index (χ0) is 9.84. The van der Waals surface area contributed by atoms with E-state index in [0.29, 0.717) is 13.0 Å². The molecule has 0 saturated heterocycles. The maximum absolute atomic E-state index is 10.6. The molecule has 7 nitrogen and oxygen atoms in total. The van der Waals surface area contributed by atoms with Crippen molar-refractivity contribution in [2.45, 2.75) is 19.9 Å². The molecule has 0 aliphatic rings. The van der Waals surface area contributed by atoms with Gasteiger partial charge in [-0.2, -0.15) is 0 Å². The Labute approximate surface area is 73.5 Å². The Hall–Kier alpha value is -1.79. The quantitative estimate of drug-likeness (QED) is 0.491. The van der Waals surface area contributed by atoms with E-state index >= 15 is 0 Å². The van der Waals surface area contributed by atoms with E-state index in [9.17, 15) is 14.9 Å². The van der Waals surface area contributed by atoms with Gasteiger partial charge in [0.25, 0.3) is 0 Å². The molecule has 0 aromatic carbocycles. The highest BCUT2D eigenvalue weighted by Crippen LogP contribution is 2.03. The van der Waals surface area contributed by atoms with Crippen LogP contribution in [0.25, 0.3) is 0 Å². The van der Waals surface area contributed by atoms with Crippen LogP contribution in [0.3, 0.4) is 0 Å². The van der Waals surface area contributed by atoms with E-state index in [1.807, 2.05) is 0 Å². The van der Waals surface area contributed by atoms with Crippen LogP contribution in [0.4, 0.5) is 5.82 Å². The second-order valence-corrected chi connectivity index (χ2v) is 2.55. The minimum Gasteiger partial charge on any atom is -0.358 e. The molecule has 0 amide bonds. The van der Waals surface area contributed by atoms with Crippen molar-refractivity contribution >= 4 is 11.6 Å². The summed E-state index contributed by atoms with van der Waals surface area (Å²) >= 11 is 0. The number of nitro groups is 1. The smallest absolute Gasteiger partial charge is 0.358 e. The van der Waals surface area contributed by atoms with Crippen molar-refractivity contribution in [3.63, 3.8) is 0 Å². The first-order chi connectivity index (χ1) is 6.09. The fraction of sp³-hybridized carbons (Fsp3) is 0.500. The van der Waals surface area contributed by atoms with Crippen LogP contribution in [0.5, 0.6) is 0 Å². The average molecular weight is 184 g/mol. The second kappa shape index (κ2) is 3.74. The molecular weight excluding hydrogens is 176 g/mol. The van der Waals surface area contributed by atoms with Crippen molar-refractivity contribution in [3.8, 4) is 0 Å². The summed E-state index contributed by atoms with van der Waals surface area (Å²) in [5, 5.41) is 17.0. The number of aromatic nitrogens is 3. The second-order valence-electron chi connectivity index (χ2n) is 2.55. The summed E-state index contributed by atoms with van der Waals surface area (Å²) in [6.45, 7) is 1.78. The van der Waals surface area contributed by atoms with Gasteiger partial charge in [-0.3, -0.25) is 4.79 Å².